The van der Waals surface area contributed by atoms with Crippen LogP contribution in [-0.4, -0.2) is 34.9 Å². The zero-order chi connectivity index (χ0) is 21.5. The van der Waals surface area contributed by atoms with Crippen LogP contribution in [0, 0.1) is 0 Å². The summed E-state index contributed by atoms with van der Waals surface area (Å²) in [6.45, 7) is 5.05. The molecule has 0 bridgehead atoms. The Hall–Kier alpha value is -2.47. The molecule has 2 atom stereocenters. The van der Waals surface area contributed by atoms with Crippen molar-refractivity contribution in [2.75, 3.05) is 0 Å². The summed E-state index contributed by atoms with van der Waals surface area (Å²) in [5.74, 6) is -3.38. The van der Waals surface area contributed by atoms with Crippen LogP contribution in [0.5, 0.6) is 0 Å². The number of aryl methyl sites for hydroxylation is 1. The number of hydrogen-bond donors (Lipinski definition) is 2. The van der Waals surface area contributed by atoms with E-state index in [1.54, 1.807) is 69.3 Å². The van der Waals surface area contributed by atoms with Crippen LogP contribution in [-0.2, 0) is 17.6 Å². The molecule has 0 aliphatic heterocycles. The molecule has 0 aliphatic rings. The number of alkyl halides is 2. The fourth-order valence-corrected chi connectivity index (χ4v) is 2.97. The zero-order valence-electron chi connectivity index (χ0n) is 17.1. The number of amides is 1. The molecule has 1 amide bonds. The van der Waals surface area contributed by atoms with Gasteiger partial charge in [-0.05, 0) is 44.7 Å². The van der Waals surface area contributed by atoms with E-state index in [-0.39, 0.29) is 12.8 Å². The van der Waals surface area contributed by atoms with E-state index in [4.69, 9.17) is 4.74 Å². The van der Waals surface area contributed by atoms with Crippen molar-refractivity contribution in [2.45, 2.75) is 63.7 Å². The Labute approximate surface area is 170 Å². The van der Waals surface area contributed by atoms with Gasteiger partial charge in [-0.3, -0.25) is 0 Å². The molecule has 29 heavy (non-hydrogen) atoms. The number of nitrogens with one attached hydrogen (secondary N) is 1. The van der Waals surface area contributed by atoms with Gasteiger partial charge >= 0.3 is 6.09 Å². The fraction of sp³-hybridized carbons (Fsp3) is 0.435. The monoisotopic (exact) mass is 405 g/mol. The smallest absolute Gasteiger partial charge is 0.407 e. The summed E-state index contributed by atoms with van der Waals surface area (Å²) >= 11 is 0. The van der Waals surface area contributed by atoms with Gasteiger partial charge in [0.25, 0.3) is 5.92 Å². The first-order chi connectivity index (χ1) is 13.6. The van der Waals surface area contributed by atoms with Crippen molar-refractivity contribution in [3.8, 4) is 0 Å². The Kier molecular flexibility index (Phi) is 7.73. The van der Waals surface area contributed by atoms with Crippen LogP contribution in [0.2, 0.25) is 0 Å². The molecule has 0 aliphatic carbocycles. The molecular weight excluding hydrogens is 376 g/mol. The van der Waals surface area contributed by atoms with E-state index in [9.17, 15) is 18.7 Å². The van der Waals surface area contributed by atoms with Crippen molar-refractivity contribution in [3.05, 3.63) is 71.8 Å². The Morgan fingerprint density at radius 1 is 1.00 bits per heavy atom. The normalized spacial score (nSPS) is 14.1. The van der Waals surface area contributed by atoms with Crippen molar-refractivity contribution >= 4 is 6.09 Å². The average Bonchev–Trinajstić information content (AvgIpc) is 2.65. The van der Waals surface area contributed by atoms with E-state index in [2.05, 4.69) is 5.32 Å². The highest BCUT2D eigenvalue weighted by molar-refractivity contribution is 5.68. The largest absolute Gasteiger partial charge is 0.444 e. The Morgan fingerprint density at radius 3 is 2.03 bits per heavy atom. The second-order valence-electron chi connectivity index (χ2n) is 8.13. The molecule has 2 rings (SSSR count). The zero-order valence-corrected chi connectivity index (χ0v) is 17.1. The molecule has 2 aromatic rings. The van der Waals surface area contributed by atoms with Gasteiger partial charge < -0.3 is 15.2 Å². The second kappa shape index (κ2) is 9.83. The van der Waals surface area contributed by atoms with Crippen molar-refractivity contribution < 1.29 is 23.4 Å². The van der Waals surface area contributed by atoms with Gasteiger partial charge in [0.2, 0.25) is 0 Å². The van der Waals surface area contributed by atoms with Gasteiger partial charge in [0.15, 0.2) is 0 Å². The van der Waals surface area contributed by atoms with Crippen molar-refractivity contribution in [1.29, 1.82) is 0 Å². The highest BCUT2D eigenvalue weighted by atomic mass is 19.3. The van der Waals surface area contributed by atoms with Gasteiger partial charge in [-0.1, -0.05) is 60.7 Å². The van der Waals surface area contributed by atoms with Crippen LogP contribution in [0.15, 0.2) is 60.7 Å². The number of halogens is 2. The van der Waals surface area contributed by atoms with Crippen LogP contribution < -0.4 is 5.32 Å². The lowest BCUT2D eigenvalue weighted by Crippen LogP contribution is -2.53. The number of hydrogen-bond acceptors (Lipinski definition) is 3. The maximum Gasteiger partial charge on any atom is 0.407 e. The van der Waals surface area contributed by atoms with Crippen molar-refractivity contribution in [1.82, 2.24) is 5.32 Å². The molecule has 158 valence electrons. The summed E-state index contributed by atoms with van der Waals surface area (Å²) in [7, 11) is 0. The first kappa shape index (κ1) is 22.8. The lowest BCUT2D eigenvalue weighted by molar-refractivity contribution is -0.125. The van der Waals surface area contributed by atoms with Gasteiger partial charge in [-0.25, -0.2) is 13.6 Å². The predicted octanol–water partition coefficient (Wildman–Crippen LogP) is 4.75. The molecule has 0 saturated heterocycles. The molecule has 0 saturated carbocycles. The lowest BCUT2D eigenvalue weighted by Gasteiger charge is -2.31. The summed E-state index contributed by atoms with van der Waals surface area (Å²) in [4.78, 5) is 12.2. The molecule has 2 aromatic carbocycles. The molecule has 0 radical (unpaired) electrons. The number of rotatable bonds is 8. The number of ether oxygens (including phenoxy) is 1. The molecule has 0 fully saturated rings. The Bertz CT molecular complexity index is 761. The number of carbonyl (C=O) groups excluding carboxylic acids is 1. The summed E-state index contributed by atoms with van der Waals surface area (Å²) in [5.41, 5.74) is 0.716. The average molecular weight is 405 g/mol. The summed E-state index contributed by atoms with van der Waals surface area (Å²) in [6, 6.07) is 16.6. The second-order valence-corrected chi connectivity index (χ2v) is 8.13. The molecule has 0 heterocycles. The van der Waals surface area contributed by atoms with E-state index in [0.29, 0.717) is 0 Å². The molecule has 2 N–H and O–H groups in total. The third-order valence-electron chi connectivity index (χ3n) is 4.40. The minimum Gasteiger partial charge on any atom is -0.444 e. The van der Waals surface area contributed by atoms with Crippen LogP contribution in [0.4, 0.5) is 13.6 Å². The highest BCUT2D eigenvalue weighted by Crippen LogP contribution is 2.28. The predicted molar refractivity (Wildman–Crippen MR) is 109 cm³/mol. The van der Waals surface area contributed by atoms with Crippen LogP contribution in [0.1, 0.15) is 38.3 Å². The number of aliphatic hydroxyl groups excluding tert-OH is 1. The first-order valence-corrected chi connectivity index (χ1v) is 9.70. The summed E-state index contributed by atoms with van der Waals surface area (Å²) in [5, 5.41) is 12.9. The first-order valence-electron chi connectivity index (χ1n) is 9.70. The van der Waals surface area contributed by atoms with Gasteiger partial charge in [-0.2, -0.15) is 0 Å². The molecule has 6 heteroatoms. The number of alkyl carbamates (subject to hydrolysis) is 1. The van der Waals surface area contributed by atoms with E-state index in [1.807, 2.05) is 12.1 Å². The molecule has 0 unspecified atom stereocenters. The molecule has 0 aromatic heterocycles. The van der Waals surface area contributed by atoms with E-state index >= 15 is 0 Å². The lowest BCUT2D eigenvalue weighted by atomic mass is 9.93. The van der Waals surface area contributed by atoms with E-state index in [1.165, 1.54) is 0 Å². The minimum absolute atomic E-state index is 0.0577. The number of benzene rings is 2. The fourth-order valence-electron chi connectivity index (χ4n) is 2.97. The number of aliphatic hydroxyl groups is 1. The third-order valence-corrected chi connectivity index (χ3v) is 4.40. The topological polar surface area (TPSA) is 58.6 Å². The minimum atomic E-state index is -3.38. The van der Waals surface area contributed by atoms with Crippen LogP contribution in [0.25, 0.3) is 0 Å². The summed E-state index contributed by atoms with van der Waals surface area (Å²) < 4.78 is 34.8. The SMILES string of the molecule is CC(C)(C)OC(=O)N[C@@H](Cc1ccccc1)[C@@H](O)C(F)(F)CCc1ccccc1. The molecule has 4 nitrogen and oxygen atoms in total. The maximum atomic E-state index is 14.8. The van der Waals surface area contributed by atoms with Gasteiger partial charge in [0, 0.05) is 6.42 Å². The van der Waals surface area contributed by atoms with E-state index in [0.717, 1.165) is 11.1 Å². The Balaban J connectivity index is 2.12. The third kappa shape index (κ3) is 7.81. The quantitative estimate of drug-likeness (QED) is 0.666. The maximum absolute atomic E-state index is 14.8. The number of carbonyl (C=O) groups is 1. The standard InChI is InChI=1S/C23H29F2NO3/c1-22(2,3)29-21(28)26-19(16-18-12-8-5-9-13-18)20(27)23(24,25)15-14-17-10-6-4-7-11-17/h4-13,19-20,27H,14-16H2,1-3H3,(H,26,28)/t19-,20+/m0/s1. The van der Waals surface area contributed by atoms with Gasteiger partial charge in [0.1, 0.15) is 11.7 Å². The highest BCUT2D eigenvalue weighted by Gasteiger charge is 2.43. The van der Waals surface area contributed by atoms with E-state index < -0.39 is 36.2 Å². The molecular formula is C23H29F2NO3. The van der Waals surface area contributed by atoms with Crippen molar-refractivity contribution in [3.63, 3.8) is 0 Å². The van der Waals surface area contributed by atoms with Crippen molar-refractivity contribution in [2.24, 2.45) is 0 Å². The Morgan fingerprint density at radius 2 is 1.52 bits per heavy atom. The van der Waals surface area contributed by atoms with Gasteiger partial charge in [-0.15, -0.1) is 0 Å². The van der Waals surface area contributed by atoms with Gasteiger partial charge in [0.05, 0.1) is 6.04 Å². The van der Waals surface area contributed by atoms with Crippen LogP contribution in [0.3, 0.4) is 0 Å². The molecule has 0 spiro atoms. The summed E-state index contributed by atoms with van der Waals surface area (Å²) in [6.07, 6.45) is -3.24. The van der Waals surface area contributed by atoms with Crippen LogP contribution >= 0.6 is 0 Å².